The summed E-state index contributed by atoms with van der Waals surface area (Å²) in [6.07, 6.45) is 10.4. The standard InChI is InChI=1S/C16H29N/c1-4-5-17-12(2)16-9-13-6-14(10-16)8-15(3,7-13)11-16/h12-14,17H,4-11H2,1-3H3. The maximum absolute atomic E-state index is 3.81. The number of nitrogens with one attached hydrogen (secondary N) is 1. The van der Waals surface area contributed by atoms with Crippen LogP contribution in [0.15, 0.2) is 0 Å². The predicted octanol–water partition coefficient (Wildman–Crippen LogP) is 3.98. The Bertz CT molecular complexity index is 282. The topological polar surface area (TPSA) is 12.0 Å². The van der Waals surface area contributed by atoms with Gasteiger partial charge in [-0.3, -0.25) is 0 Å². The average Bonchev–Trinajstić information content (AvgIpc) is 2.22. The average molecular weight is 235 g/mol. The maximum Gasteiger partial charge on any atom is 0.00955 e. The Kier molecular flexibility index (Phi) is 2.81. The first-order chi connectivity index (χ1) is 8.05. The zero-order chi connectivity index (χ0) is 12.1. The van der Waals surface area contributed by atoms with Crippen LogP contribution in [0, 0.1) is 22.7 Å². The van der Waals surface area contributed by atoms with Crippen LogP contribution in [0.1, 0.15) is 65.7 Å². The van der Waals surface area contributed by atoms with Gasteiger partial charge >= 0.3 is 0 Å². The third-order valence-corrected chi connectivity index (χ3v) is 6.02. The quantitative estimate of drug-likeness (QED) is 0.777. The predicted molar refractivity (Wildman–Crippen MR) is 73.0 cm³/mol. The lowest BCUT2D eigenvalue weighted by atomic mass is 9.43. The lowest BCUT2D eigenvalue weighted by Gasteiger charge is -2.63. The van der Waals surface area contributed by atoms with Crippen molar-refractivity contribution in [2.45, 2.75) is 71.8 Å². The lowest BCUT2D eigenvalue weighted by Crippen LogP contribution is -2.57. The van der Waals surface area contributed by atoms with E-state index in [1.807, 2.05) is 0 Å². The van der Waals surface area contributed by atoms with Gasteiger partial charge in [0, 0.05) is 6.04 Å². The maximum atomic E-state index is 3.81. The van der Waals surface area contributed by atoms with Gasteiger partial charge in [-0.2, -0.15) is 0 Å². The minimum Gasteiger partial charge on any atom is -0.314 e. The Balaban J connectivity index is 1.78. The fraction of sp³-hybridized carbons (Fsp3) is 1.00. The van der Waals surface area contributed by atoms with Crippen molar-refractivity contribution in [2.75, 3.05) is 6.54 Å². The summed E-state index contributed by atoms with van der Waals surface area (Å²) in [7, 11) is 0. The zero-order valence-corrected chi connectivity index (χ0v) is 11.9. The summed E-state index contributed by atoms with van der Waals surface area (Å²) in [5, 5.41) is 3.81. The van der Waals surface area contributed by atoms with E-state index in [2.05, 4.69) is 26.1 Å². The van der Waals surface area contributed by atoms with E-state index in [0.29, 0.717) is 10.8 Å². The van der Waals surface area contributed by atoms with E-state index in [1.165, 1.54) is 45.1 Å². The molecule has 1 N–H and O–H groups in total. The molecule has 4 fully saturated rings. The van der Waals surface area contributed by atoms with Gasteiger partial charge in [0.05, 0.1) is 0 Å². The molecule has 4 aliphatic rings. The highest BCUT2D eigenvalue weighted by Crippen LogP contribution is 2.66. The minimum atomic E-state index is 0.661. The van der Waals surface area contributed by atoms with Crippen LogP contribution in [-0.2, 0) is 0 Å². The molecule has 4 rings (SSSR count). The Morgan fingerprint density at radius 1 is 1.18 bits per heavy atom. The number of hydrogen-bond donors (Lipinski definition) is 1. The third kappa shape index (κ3) is 1.95. The molecule has 0 aromatic carbocycles. The van der Waals surface area contributed by atoms with Crippen molar-refractivity contribution in [1.29, 1.82) is 0 Å². The first kappa shape index (κ1) is 12.0. The van der Waals surface area contributed by atoms with Gasteiger partial charge in [-0.1, -0.05) is 13.8 Å². The molecule has 3 unspecified atom stereocenters. The molecule has 0 spiro atoms. The largest absolute Gasteiger partial charge is 0.314 e. The third-order valence-electron chi connectivity index (χ3n) is 6.02. The van der Waals surface area contributed by atoms with Crippen LogP contribution in [0.5, 0.6) is 0 Å². The molecule has 0 amide bonds. The van der Waals surface area contributed by atoms with Crippen molar-refractivity contribution in [3.8, 4) is 0 Å². The van der Waals surface area contributed by atoms with Crippen LogP contribution >= 0.6 is 0 Å². The Morgan fingerprint density at radius 2 is 1.82 bits per heavy atom. The van der Waals surface area contributed by atoms with E-state index in [0.717, 1.165) is 17.9 Å². The molecule has 98 valence electrons. The smallest absolute Gasteiger partial charge is 0.00955 e. The summed E-state index contributed by atoms with van der Waals surface area (Å²) in [6, 6.07) is 0.743. The van der Waals surface area contributed by atoms with Gasteiger partial charge in [-0.25, -0.2) is 0 Å². The van der Waals surface area contributed by atoms with E-state index in [-0.39, 0.29) is 0 Å². The van der Waals surface area contributed by atoms with Crippen molar-refractivity contribution >= 4 is 0 Å². The van der Waals surface area contributed by atoms with Crippen LogP contribution in [-0.4, -0.2) is 12.6 Å². The second-order valence-corrected chi connectivity index (χ2v) is 7.81. The summed E-state index contributed by atoms with van der Waals surface area (Å²) >= 11 is 0. The van der Waals surface area contributed by atoms with Gasteiger partial charge in [-0.15, -0.1) is 0 Å². The highest BCUT2D eigenvalue weighted by molar-refractivity contribution is 5.09. The molecule has 4 aliphatic carbocycles. The Morgan fingerprint density at radius 3 is 2.35 bits per heavy atom. The Labute approximate surface area is 107 Å². The molecule has 0 aliphatic heterocycles. The van der Waals surface area contributed by atoms with E-state index in [9.17, 15) is 0 Å². The van der Waals surface area contributed by atoms with Crippen LogP contribution in [0.25, 0.3) is 0 Å². The van der Waals surface area contributed by atoms with Crippen LogP contribution in [0.2, 0.25) is 0 Å². The van der Waals surface area contributed by atoms with Gasteiger partial charge in [0.25, 0.3) is 0 Å². The molecule has 0 radical (unpaired) electrons. The molecule has 1 heteroatoms. The highest BCUT2D eigenvalue weighted by Gasteiger charge is 2.57. The molecular formula is C16H29N. The second-order valence-electron chi connectivity index (χ2n) is 7.81. The van der Waals surface area contributed by atoms with Crippen molar-refractivity contribution in [1.82, 2.24) is 5.32 Å². The van der Waals surface area contributed by atoms with E-state index >= 15 is 0 Å². The van der Waals surface area contributed by atoms with Gasteiger partial charge in [0.15, 0.2) is 0 Å². The highest BCUT2D eigenvalue weighted by atomic mass is 14.9. The SMILES string of the molecule is CCCNC(C)C12CC3CC(CC(C)(C3)C1)C2. The van der Waals surface area contributed by atoms with E-state index in [4.69, 9.17) is 0 Å². The van der Waals surface area contributed by atoms with Crippen molar-refractivity contribution in [3.05, 3.63) is 0 Å². The fourth-order valence-corrected chi connectivity index (χ4v) is 5.88. The molecule has 1 nitrogen and oxygen atoms in total. The molecule has 4 bridgehead atoms. The molecule has 0 aromatic rings. The van der Waals surface area contributed by atoms with Gasteiger partial charge < -0.3 is 5.32 Å². The minimum absolute atomic E-state index is 0.661. The summed E-state index contributed by atoms with van der Waals surface area (Å²) < 4.78 is 0. The molecule has 0 heterocycles. The van der Waals surface area contributed by atoms with E-state index in [1.54, 1.807) is 6.42 Å². The normalized spacial score (nSPS) is 49.6. The van der Waals surface area contributed by atoms with Crippen molar-refractivity contribution in [2.24, 2.45) is 22.7 Å². The van der Waals surface area contributed by atoms with Crippen molar-refractivity contribution in [3.63, 3.8) is 0 Å². The van der Waals surface area contributed by atoms with E-state index < -0.39 is 0 Å². The summed E-state index contributed by atoms with van der Waals surface area (Å²) in [5.41, 5.74) is 1.36. The summed E-state index contributed by atoms with van der Waals surface area (Å²) in [5.74, 6) is 2.12. The molecule has 4 saturated carbocycles. The number of rotatable bonds is 4. The van der Waals surface area contributed by atoms with Gasteiger partial charge in [-0.05, 0) is 81.1 Å². The second kappa shape index (κ2) is 3.98. The first-order valence-corrected chi connectivity index (χ1v) is 7.79. The number of hydrogen-bond acceptors (Lipinski definition) is 1. The first-order valence-electron chi connectivity index (χ1n) is 7.79. The van der Waals surface area contributed by atoms with Crippen LogP contribution < -0.4 is 5.32 Å². The monoisotopic (exact) mass is 235 g/mol. The molecule has 17 heavy (non-hydrogen) atoms. The van der Waals surface area contributed by atoms with Crippen LogP contribution in [0.3, 0.4) is 0 Å². The summed E-state index contributed by atoms with van der Waals surface area (Å²) in [6.45, 7) is 8.52. The zero-order valence-electron chi connectivity index (χ0n) is 11.9. The Hall–Kier alpha value is -0.0400. The summed E-state index contributed by atoms with van der Waals surface area (Å²) in [4.78, 5) is 0. The van der Waals surface area contributed by atoms with Crippen LogP contribution in [0.4, 0.5) is 0 Å². The molecular weight excluding hydrogens is 206 g/mol. The van der Waals surface area contributed by atoms with Gasteiger partial charge in [0.1, 0.15) is 0 Å². The fourth-order valence-electron chi connectivity index (χ4n) is 5.88. The molecule has 3 atom stereocenters. The molecule has 0 aromatic heterocycles. The molecule has 0 saturated heterocycles. The lowest BCUT2D eigenvalue weighted by molar-refractivity contribution is -0.115. The van der Waals surface area contributed by atoms with Gasteiger partial charge in [0.2, 0.25) is 0 Å². The van der Waals surface area contributed by atoms with Crippen molar-refractivity contribution < 1.29 is 0 Å².